The van der Waals surface area contributed by atoms with Gasteiger partial charge in [-0.05, 0) is 27.7 Å². The lowest BCUT2D eigenvalue weighted by molar-refractivity contribution is -0.231. The first-order valence-corrected chi connectivity index (χ1v) is 7.94. The highest BCUT2D eigenvalue weighted by molar-refractivity contribution is 5.82. The van der Waals surface area contributed by atoms with Gasteiger partial charge in [-0.2, -0.15) is 0 Å². The number of carbonyl (C=O) groups excluding carboxylic acids is 1. The quantitative estimate of drug-likeness (QED) is 0.731. The minimum atomic E-state index is -0.992. The van der Waals surface area contributed by atoms with Crippen molar-refractivity contribution in [3.63, 3.8) is 0 Å². The van der Waals surface area contributed by atoms with E-state index < -0.39 is 54.2 Å². The molecule has 0 unspecified atom stereocenters. The van der Waals surface area contributed by atoms with Crippen LogP contribution in [0.3, 0.4) is 0 Å². The molecule has 0 bridgehead atoms. The predicted octanol–water partition coefficient (Wildman–Crippen LogP) is -0.0262. The number of ether oxygens (including phenoxy) is 5. The molecule has 0 aromatic heterocycles. The molecular weight excluding hydrogens is 322 g/mol. The number of hydrogen-bond acceptors (Lipinski definition) is 7. The Hall–Kier alpha value is -1.26. The lowest BCUT2D eigenvalue weighted by Gasteiger charge is -2.36. The van der Waals surface area contributed by atoms with Gasteiger partial charge in [0.1, 0.15) is 18.3 Å². The molecule has 5 atom stereocenters. The van der Waals surface area contributed by atoms with Gasteiger partial charge >= 0.3 is 5.97 Å². The van der Waals surface area contributed by atoms with Crippen molar-refractivity contribution < 1.29 is 38.4 Å². The summed E-state index contributed by atoms with van der Waals surface area (Å²) in [4.78, 5) is 23.0. The number of hydrogen-bond donors (Lipinski definition) is 2. The summed E-state index contributed by atoms with van der Waals surface area (Å²) in [6, 6.07) is 0. The van der Waals surface area contributed by atoms with Gasteiger partial charge in [-0.1, -0.05) is 0 Å². The maximum Gasteiger partial charge on any atom is 0.305 e. The van der Waals surface area contributed by atoms with Gasteiger partial charge in [0.2, 0.25) is 0 Å². The maximum atomic E-state index is 12.4. The fraction of sp³-hybridized carbons (Fsp3) is 0.867. The minimum Gasteiger partial charge on any atom is -0.481 e. The molecule has 0 saturated carbocycles. The largest absolute Gasteiger partial charge is 0.481 e. The summed E-state index contributed by atoms with van der Waals surface area (Å²) in [6.45, 7) is 7.02. The summed E-state index contributed by atoms with van der Waals surface area (Å²) in [7, 11) is 0. The second-order valence-corrected chi connectivity index (χ2v) is 7.02. The van der Waals surface area contributed by atoms with Crippen LogP contribution in [0.1, 0.15) is 34.1 Å². The summed E-state index contributed by atoms with van der Waals surface area (Å²) in [5.41, 5.74) is 0. The Bertz CT molecular complexity index is 534. The number of nitrogens with one attached hydrogen (secondary N) is 1. The number of carboxylic acids is 1. The van der Waals surface area contributed by atoms with E-state index >= 15 is 0 Å². The Morgan fingerprint density at radius 2 is 1.54 bits per heavy atom. The Kier molecular flexibility index (Phi) is 4.33. The van der Waals surface area contributed by atoms with Crippen LogP contribution in [0.25, 0.3) is 0 Å². The van der Waals surface area contributed by atoms with E-state index in [0.717, 1.165) is 0 Å². The molecule has 0 spiro atoms. The third-order valence-corrected chi connectivity index (χ3v) is 4.05. The summed E-state index contributed by atoms with van der Waals surface area (Å²) < 4.78 is 29.0. The number of carbonyl (C=O) groups is 2. The molecule has 9 heteroatoms. The van der Waals surface area contributed by atoms with Crippen molar-refractivity contribution >= 4 is 11.9 Å². The average Bonchev–Trinajstić information content (AvgIpc) is 2.91. The van der Waals surface area contributed by atoms with Crippen LogP contribution in [0.2, 0.25) is 0 Å². The molecule has 3 rings (SSSR count). The molecular formula is C15H23NO8. The van der Waals surface area contributed by atoms with Gasteiger partial charge in [0.15, 0.2) is 24.0 Å². The first-order valence-electron chi connectivity index (χ1n) is 7.94. The van der Waals surface area contributed by atoms with E-state index in [1.165, 1.54) is 0 Å². The van der Waals surface area contributed by atoms with Gasteiger partial charge < -0.3 is 34.1 Å². The number of amides is 1. The van der Waals surface area contributed by atoms with Gasteiger partial charge in [-0.3, -0.25) is 9.59 Å². The highest BCUT2D eigenvalue weighted by Crippen LogP contribution is 2.44. The molecule has 0 radical (unpaired) electrons. The standard InChI is InChI=1S/C15H23NO8/c1-14(2)21-8-9(22-14)11-13(24-15(3,4)23-11)20-10(8)12(19)16-6-5-7(17)18/h8-11,13H,5-6H2,1-4H3,(H,16,19)(H,17,18)/t8-,9-,10+,11-,13+/m1/s1. The van der Waals surface area contributed by atoms with Crippen LogP contribution in [-0.4, -0.2) is 65.8 Å². The molecule has 3 aliphatic rings. The van der Waals surface area contributed by atoms with Crippen molar-refractivity contribution in [2.45, 2.75) is 76.4 Å². The smallest absolute Gasteiger partial charge is 0.305 e. The monoisotopic (exact) mass is 345 g/mol. The Labute approximate surface area is 139 Å². The molecule has 3 heterocycles. The van der Waals surface area contributed by atoms with Crippen LogP contribution in [-0.2, 0) is 33.3 Å². The van der Waals surface area contributed by atoms with Gasteiger partial charge in [0.05, 0.1) is 6.42 Å². The molecule has 2 N–H and O–H groups in total. The zero-order valence-electron chi connectivity index (χ0n) is 14.1. The van der Waals surface area contributed by atoms with E-state index in [-0.39, 0.29) is 13.0 Å². The lowest BCUT2D eigenvalue weighted by atomic mass is 9.98. The normalized spacial score (nSPS) is 39.1. The van der Waals surface area contributed by atoms with E-state index in [9.17, 15) is 9.59 Å². The number of rotatable bonds is 4. The fourth-order valence-corrected chi connectivity index (χ4v) is 3.22. The molecule has 3 aliphatic heterocycles. The first-order chi connectivity index (χ1) is 11.1. The average molecular weight is 345 g/mol. The lowest BCUT2D eigenvalue weighted by Crippen LogP contribution is -2.59. The molecule has 3 fully saturated rings. The van der Waals surface area contributed by atoms with Crippen LogP contribution >= 0.6 is 0 Å². The third-order valence-electron chi connectivity index (χ3n) is 4.05. The molecule has 9 nitrogen and oxygen atoms in total. The zero-order valence-corrected chi connectivity index (χ0v) is 14.1. The molecule has 0 aromatic carbocycles. The summed E-state index contributed by atoms with van der Waals surface area (Å²) in [5, 5.41) is 11.2. The Morgan fingerprint density at radius 3 is 2.21 bits per heavy atom. The second-order valence-electron chi connectivity index (χ2n) is 7.02. The number of aliphatic carboxylic acids is 1. The fourth-order valence-electron chi connectivity index (χ4n) is 3.22. The number of carboxylic acid groups (broad SMARTS) is 1. The molecule has 0 aromatic rings. The van der Waals surface area contributed by atoms with Crippen molar-refractivity contribution in [2.75, 3.05) is 6.54 Å². The maximum absolute atomic E-state index is 12.4. The van der Waals surface area contributed by atoms with E-state index in [2.05, 4.69) is 5.32 Å². The minimum absolute atomic E-state index is 0.00656. The summed E-state index contributed by atoms with van der Waals surface area (Å²) >= 11 is 0. The van der Waals surface area contributed by atoms with E-state index in [1.54, 1.807) is 27.7 Å². The highest BCUT2D eigenvalue weighted by Gasteiger charge is 2.62. The Morgan fingerprint density at radius 1 is 0.958 bits per heavy atom. The van der Waals surface area contributed by atoms with Crippen molar-refractivity contribution in [1.82, 2.24) is 5.32 Å². The second kappa shape index (κ2) is 5.92. The SMILES string of the molecule is CC1(C)O[C@@H]2[C@@H](O1)[C@@H](C(=O)NCCC(=O)O)O[C@H]1OC(C)(C)O[C@@H]12. The molecule has 1 amide bonds. The van der Waals surface area contributed by atoms with E-state index in [1.807, 2.05) is 0 Å². The van der Waals surface area contributed by atoms with Crippen LogP contribution < -0.4 is 5.32 Å². The molecule has 3 saturated heterocycles. The molecule has 24 heavy (non-hydrogen) atoms. The number of fused-ring (bicyclic) bond motifs is 3. The van der Waals surface area contributed by atoms with Gasteiger partial charge in [-0.15, -0.1) is 0 Å². The highest BCUT2D eigenvalue weighted by atomic mass is 16.9. The summed E-state index contributed by atoms with van der Waals surface area (Å²) in [6.07, 6.45) is -3.58. The first kappa shape index (κ1) is 17.6. The van der Waals surface area contributed by atoms with Crippen LogP contribution in [0.5, 0.6) is 0 Å². The molecule has 0 aliphatic carbocycles. The van der Waals surface area contributed by atoms with Gasteiger partial charge in [0.25, 0.3) is 5.91 Å². The van der Waals surface area contributed by atoms with Crippen LogP contribution in [0.15, 0.2) is 0 Å². The Balaban J connectivity index is 1.75. The van der Waals surface area contributed by atoms with Crippen molar-refractivity contribution in [2.24, 2.45) is 0 Å². The van der Waals surface area contributed by atoms with Crippen LogP contribution in [0, 0.1) is 0 Å². The van der Waals surface area contributed by atoms with Crippen molar-refractivity contribution in [1.29, 1.82) is 0 Å². The molecule has 136 valence electrons. The zero-order chi connectivity index (χ0) is 17.7. The van der Waals surface area contributed by atoms with E-state index in [0.29, 0.717) is 0 Å². The van der Waals surface area contributed by atoms with E-state index in [4.69, 9.17) is 28.8 Å². The van der Waals surface area contributed by atoms with Crippen LogP contribution in [0.4, 0.5) is 0 Å². The predicted molar refractivity (Wildman–Crippen MR) is 77.8 cm³/mol. The summed E-state index contributed by atoms with van der Waals surface area (Å²) in [5.74, 6) is -3.19. The van der Waals surface area contributed by atoms with Gasteiger partial charge in [0, 0.05) is 6.54 Å². The van der Waals surface area contributed by atoms with Gasteiger partial charge in [-0.25, -0.2) is 0 Å². The van der Waals surface area contributed by atoms with Crippen molar-refractivity contribution in [3.8, 4) is 0 Å². The third kappa shape index (κ3) is 3.40. The van der Waals surface area contributed by atoms with Crippen molar-refractivity contribution in [3.05, 3.63) is 0 Å². The topological polar surface area (TPSA) is 113 Å².